The van der Waals surface area contributed by atoms with Crippen molar-refractivity contribution in [2.45, 2.75) is 59.8 Å². The predicted molar refractivity (Wildman–Crippen MR) is 124 cm³/mol. The Hall–Kier alpha value is -1.93. The van der Waals surface area contributed by atoms with E-state index in [2.05, 4.69) is 74.2 Å². The summed E-state index contributed by atoms with van der Waals surface area (Å²) in [5, 5.41) is 0. The monoisotopic (exact) mass is 393 g/mol. The summed E-state index contributed by atoms with van der Waals surface area (Å²) in [5.74, 6) is 0.957. The Morgan fingerprint density at radius 1 is 1.14 bits per heavy atom. The van der Waals surface area contributed by atoms with Gasteiger partial charge in [-0.15, -0.1) is 0 Å². The smallest absolute Gasteiger partial charge is 0.134 e. The number of ketones is 1. The van der Waals surface area contributed by atoms with Crippen molar-refractivity contribution in [3.8, 4) is 0 Å². The molecule has 0 saturated carbocycles. The molecule has 0 bridgehead atoms. The molecule has 1 heterocycles. The average Bonchev–Trinajstić information content (AvgIpc) is 2.72. The lowest BCUT2D eigenvalue weighted by molar-refractivity contribution is -0.121. The number of Topliss-reactive ketones (excluding diaryl/α,β-unsaturated/α-hetero) is 1. The number of likely N-dealkylation sites (tertiary alicyclic amines) is 1. The zero-order valence-corrected chi connectivity index (χ0v) is 19.2. The third-order valence-corrected chi connectivity index (χ3v) is 6.62. The van der Waals surface area contributed by atoms with Crippen molar-refractivity contribution in [1.29, 1.82) is 0 Å². The van der Waals surface area contributed by atoms with E-state index in [-0.39, 0.29) is 11.3 Å². The zero-order chi connectivity index (χ0) is 21.4. The Kier molecular flexibility index (Phi) is 8.64. The standard InChI is InChI=1S/C25H33NO.C2H6/c1-19-9-8-12-24(15-19)25(4)13-14-26(17-20(25)2)18-23(21(3)27)16-22-10-6-5-7-11-22;1-2/h5-12,15,20,23H,13-14,16-18H2,1-4H3;1-2H3/t20-,23+,25+;/m0./s1. The minimum atomic E-state index is 0.0860. The molecule has 2 aromatic rings. The third kappa shape index (κ3) is 6.02. The molecule has 2 heteroatoms. The fourth-order valence-corrected chi connectivity index (χ4v) is 4.46. The van der Waals surface area contributed by atoms with Gasteiger partial charge in [-0.2, -0.15) is 0 Å². The van der Waals surface area contributed by atoms with Gasteiger partial charge in [-0.1, -0.05) is 87.9 Å². The quantitative estimate of drug-likeness (QED) is 0.594. The van der Waals surface area contributed by atoms with Gasteiger partial charge in [0.25, 0.3) is 0 Å². The fourth-order valence-electron chi connectivity index (χ4n) is 4.46. The molecule has 3 atom stereocenters. The zero-order valence-electron chi connectivity index (χ0n) is 19.2. The number of piperidine rings is 1. The van der Waals surface area contributed by atoms with E-state index in [1.165, 1.54) is 16.7 Å². The van der Waals surface area contributed by atoms with E-state index in [9.17, 15) is 4.79 Å². The number of benzene rings is 2. The van der Waals surface area contributed by atoms with Crippen LogP contribution in [-0.2, 0) is 16.6 Å². The number of hydrogen-bond acceptors (Lipinski definition) is 2. The molecule has 1 aliphatic heterocycles. The van der Waals surface area contributed by atoms with Crippen molar-refractivity contribution < 1.29 is 4.79 Å². The van der Waals surface area contributed by atoms with Gasteiger partial charge in [0.2, 0.25) is 0 Å². The van der Waals surface area contributed by atoms with E-state index in [0.717, 1.165) is 32.5 Å². The molecule has 0 unspecified atom stereocenters. The summed E-state index contributed by atoms with van der Waals surface area (Å²) >= 11 is 0. The van der Waals surface area contributed by atoms with Crippen LogP contribution in [0.25, 0.3) is 0 Å². The maximum absolute atomic E-state index is 12.3. The largest absolute Gasteiger partial charge is 0.302 e. The van der Waals surface area contributed by atoms with Crippen LogP contribution in [0.2, 0.25) is 0 Å². The van der Waals surface area contributed by atoms with Gasteiger partial charge in [0.1, 0.15) is 5.78 Å². The summed E-state index contributed by atoms with van der Waals surface area (Å²) in [7, 11) is 0. The fraction of sp³-hybridized carbons (Fsp3) is 0.519. The molecule has 0 spiro atoms. The summed E-state index contributed by atoms with van der Waals surface area (Å²) < 4.78 is 0. The number of nitrogens with zero attached hydrogens (tertiary/aromatic N) is 1. The molecule has 3 rings (SSSR count). The number of hydrogen-bond donors (Lipinski definition) is 0. The first kappa shape index (κ1) is 23.3. The second kappa shape index (κ2) is 10.7. The van der Waals surface area contributed by atoms with Crippen LogP contribution in [0.5, 0.6) is 0 Å². The summed E-state index contributed by atoms with van der Waals surface area (Å²) in [4.78, 5) is 14.8. The third-order valence-electron chi connectivity index (χ3n) is 6.62. The van der Waals surface area contributed by atoms with Crippen LogP contribution < -0.4 is 0 Å². The van der Waals surface area contributed by atoms with E-state index in [1.54, 1.807) is 6.92 Å². The molecule has 158 valence electrons. The Labute approximate surface area is 178 Å². The first-order valence-corrected chi connectivity index (χ1v) is 11.2. The van der Waals surface area contributed by atoms with Gasteiger partial charge in [0, 0.05) is 19.0 Å². The van der Waals surface area contributed by atoms with E-state index >= 15 is 0 Å². The lowest BCUT2D eigenvalue weighted by Gasteiger charge is -2.46. The predicted octanol–water partition coefficient (Wildman–Crippen LogP) is 6.07. The van der Waals surface area contributed by atoms with Crippen molar-refractivity contribution in [1.82, 2.24) is 4.90 Å². The minimum Gasteiger partial charge on any atom is -0.302 e. The summed E-state index contributed by atoms with van der Waals surface area (Å²) in [6.45, 7) is 15.7. The van der Waals surface area contributed by atoms with Crippen LogP contribution in [-0.4, -0.2) is 30.3 Å². The highest BCUT2D eigenvalue weighted by molar-refractivity contribution is 5.78. The second-order valence-corrected chi connectivity index (χ2v) is 8.69. The number of carbonyl (C=O) groups excluding carboxylic acids is 1. The van der Waals surface area contributed by atoms with E-state index in [4.69, 9.17) is 0 Å². The topological polar surface area (TPSA) is 20.3 Å². The van der Waals surface area contributed by atoms with Crippen LogP contribution in [0.4, 0.5) is 0 Å². The van der Waals surface area contributed by atoms with Crippen LogP contribution in [0.15, 0.2) is 54.6 Å². The van der Waals surface area contributed by atoms with Gasteiger partial charge in [0.15, 0.2) is 0 Å². The molecular formula is C27H39NO. The SMILES string of the molecule is CC.CC(=O)[C@H](Cc1ccccc1)CN1CC[C@@](C)(c2cccc(C)c2)[C@@H](C)C1. The van der Waals surface area contributed by atoms with E-state index < -0.39 is 0 Å². The van der Waals surface area contributed by atoms with Crippen molar-refractivity contribution in [3.05, 3.63) is 71.3 Å². The Morgan fingerprint density at radius 2 is 1.83 bits per heavy atom. The normalized spacial score (nSPS) is 23.0. The molecule has 29 heavy (non-hydrogen) atoms. The summed E-state index contributed by atoms with van der Waals surface area (Å²) in [6.07, 6.45) is 1.99. The molecule has 2 nitrogen and oxygen atoms in total. The molecule has 0 N–H and O–H groups in total. The van der Waals surface area contributed by atoms with Gasteiger partial charge in [-0.05, 0) is 55.7 Å². The highest BCUT2D eigenvalue weighted by Gasteiger charge is 2.38. The van der Waals surface area contributed by atoms with E-state index in [1.807, 2.05) is 19.9 Å². The molecule has 0 amide bonds. The van der Waals surface area contributed by atoms with Crippen molar-refractivity contribution in [3.63, 3.8) is 0 Å². The summed E-state index contributed by atoms with van der Waals surface area (Å²) in [6, 6.07) is 19.4. The summed E-state index contributed by atoms with van der Waals surface area (Å²) in [5.41, 5.74) is 4.27. The first-order chi connectivity index (χ1) is 13.9. The Morgan fingerprint density at radius 3 is 2.41 bits per heavy atom. The maximum Gasteiger partial charge on any atom is 0.134 e. The van der Waals surface area contributed by atoms with Gasteiger partial charge in [-0.25, -0.2) is 0 Å². The van der Waals surface area contributed by atoms with Crippen LogP contribution in [0.1, 0.15) is 57.7 Å². The Bertz CT molecular complexity index is 769. The van der Waals surface area contributed by atoms with Gasteiger partial charge in [-0.3, -0.25) is 4.79 Å². The Balaban J connectivity index is 0.00000145. The van der Waals surface area contributed by atoms with Crippen molar-refractivity contribution in [2.75, 3.05) is 19.6 Å². The van der Waals surface area contributed by atoms with Gasteiger partial charge >= 0.3 is 0 Å². The molecule has 1 saturated heterocycles. The lowest BCUT2D eigenvalue weighted by Crippen LogP contribution is -2.49. The number of carbonyl (C=O) groups is 1. The van der Waals surface area contributed by atoms with Gasteiger partial charge in [0.05, 0.1) is 0 Å². The van der Waals surface area contributed by atoms with Crippen molar-refractivity contribution in [2.24, 2.45) is 11.8 Å². The van der Waals surface area contributed by atoms with Crippen LogP contribution >= 0.6 is 0 Å². The molecule has 1 aliphatic rings. The molecule has 0 aliphatic carbocycles. The van der Waals surface area contributed by atoms with E-state index in [0.29, 0.717) is 11.7 Å². The van der Waals surface area contributed by atoms with Crippen LogP contribution in [0, 0.1) is 18.8 Å². The van der Waals surface area contributed by atoms with Crippen molar-refractivity contribution >= 4 is 5.78 Å². The first-order valence-electron chi connectivity index (χ1n) is 11.2. The molecule has 1 fully saturated rings. The molecule has 0 aromatic heterocycles. The molecule has 0 radical (unpaired) electrons. The molecule has 2 aromatic carbocycles. The average molecular weight is 394 g/mol. The second-order valence-electron chi connectivity index (χ2n) is 8.69. The minimum absolute atomic E-state index is 0.0860. The number of aryl methyl sites for hydroxylation is 1. The highest BCUT2D eigenvalue weighted by Crippen LogP contribution is 2.39. The lowest BCUT2D eigenvalue weighted by atomic mass is 9.67. The maximum atomic E-state index is 12.3. The molecular weight excluding hydrogens is 354 g/mol. The van der Waals surface area contributed by atoms with Crippen LogP contribution in [0.3, 0.4) is 0 Å². The highest BCUT2D eigenvalue weighted by atomic mass is 16.1. The van der Waals surface area contributed by atoms with Gasteiger partial charge < -0.3 is 4.90 Å². The number of rotatable bonds is 6.